The molecule has 1 heterocycles. The summed E-state index contributed by atoms with van der Waals surface area (Å²) in [7, 11) is 1.57. The van der Waals surface area contributed by atoms with E-state index in [1.54, 1.807) is 13.1 Å². The van der Waals surface area contributed by atoms with E-state index in [2.05, 4.69) is 10.3 Å². The number of nitrogens with one attached hydrogen (secondary N) is 1. The number of carbonyl (C=O) groups excluding carboxylic acids is 2. The molecule has 0 unspecified atom stereocenters. The Labute approximate surface area is 142 Å². The van der Waals surface area contributed by atoms with E-state index < -0.39 is 0 Å². The molecule has 1 N–H and O–H groups in total. The average Bonchev–Trinajstić information content (AvgIpc) is 3.44. The van der Waals surface area contributed by atoms with E-state index in [-0.39, 0.29) is 11.7 Å². The van der Waals surface area contributed by atoms with Crippen molar-refractivity contribution in [3.8, 4) is 0 Å². The fourth-order valence-electron chi connectivity index (χ4n) is 2.77. The predicted molar refractivity (Wildman–Crippen MR) is 93.2 cm³/mol. The molecule has 1 fully saturated rings. The van der Waals surface area contributed by atoms with Gasteiger partial charge in [0.15, 0.2) is 5.78 Å². The van der Waals surface area contributed by atoms with Crippen LogP contribution in [-0.2, 0) is 6.42 Å². The van der Waals surface area contributed by atoms with E-state index in [1.165, 1.54) is 12.8 Å². The topological polar surface area (TPSA) is 59.1 Å². The molecule has 0 atom stereocenters. The Kier molecular flexibility index (Phi) is 5.04. The van der Waals surface area contributed by atoms with Crippen molar-refractivity contribution in [1.29, 1.82) is 0 Å². The number of benzene rings is 1. The van der Waals surface area contributed by atoms with E-state index in [0.717, 1.165) is 23.6 Å². The van der Waals surface area contributed by atoms with Crippen molar-refractivity contribution in [1.82, 2.24) is 10.3 Å². The minimum Gasteiger partial charge on any atom is -0.354 e. The smallest absolute Gasteiger partial charge is 0.269 e. The molecule has 1 amide bonds. The Morgan fingerprint density at radius 3 is 2.58 bits per heavy atom. The van der Waals surface area contributed by atoms with Crippen molar-refractivity contribution in [3.05, 3.63) is 65.0 Å². The highest BCUT2D eigenvalue weighted by Gasteiger charge is 2.22. The number of ketones is 1. The SMILES string of the molecule is CNC(=O)c1cc(C(=O)CCC2CC2)cc(Cc2ccccc2)n1. The van der Waals surface area contributed by atoms with Gasteiger partial charge in [0.05, 0.1) is 0 Å². The summed E-state index contributed by atoms with van der Waals surface area (Å²) in [6.45, 7) is 0. The number of pyridine rings is 1. The first-order chi connectivity index (χ1) is 11.7. The number of hydrogen-bond donors (Lipinski definition) is 1. The van der Waals surface area contributed by atoms with Crippen molar-refractivity contribution in [2.24, 2.45) is 5.92 Å². The summed E-state index contributed by atoms with van der Waals surface area (Å²) in [6, 6.07) is 13.4. The molecule has 1 aromatic carbocycles. The largest absolute Gasteiger partial charge is 0.354 e. The summed E-state index contributed by atoms with van der Waals surface area (Å²) in [5.41, 5.74) is 2.75. The van der Waals surface area contributed by atoms with Gasteiger partial charge < -0.3 is 5.32 Å². The zero-order valence-electron chi connectivity index (χ0n) is 13.9. The van der Waals surface area contributed by atoms with Crippen LogP contribution in [0.15, 0.2) is 42.5 Å². The highest BCUT2D eigenvalue weighted by Crippen LogP contribution is 2.33. The molecular formula is C20H22N2O2. The van der Waals surface area contributed by atoms with Crippen LogP contribution in [0.2, 0.25) is 0 Å². The van der Waals surface area contributed by atoms with Crippen molar-refractivity contribution in [2.75, 3.05) is 7.05 Å². The number of amides is 1. The second-order valence-electron chi connectivity index (χ2n) is 6.38. The van der Waals surface area contributed by atoms with Gasteiger partial charge in [0.2, 0.25) is 0 Å². The normalized spacial score (nSPS) is 13.5. The third kappa shape index (κ3) is 4.28. The monoisotopic (exact) mass is 322 g/mol. The Morgan fingerprint density at radius 1 is 1.17 bits per heavy atom. The van der Waals surface area contributed by atoms with Crippen molar-refractivity contribution < 1.29 is 9.59 Å². The standard InChI is InChI=1S/C20H22N2O2/c1-21-20(24)18-13-16(19(23)10-9-14-7-8-14)12-17(22-18)11-15-5-3-2-4-6-15/h2-6,12-14H,7-11H2,1H3,(H,21,24). The molecule has 124 valence electrons. The van der Waals surface area contributed by atoms with Gasteiger partial charge in [-0.25, -0.2) is 4.98 Å². The Hall–Kier alpha value is -2.49. The molecular weight excluding hydrogens is 300 g/mol. The maximum absolute atomic E-state index is 12.5. The van der Waals surface area contributed by atoms with Gasteiger partial charge in [0.1, 0.15) is 5.69 Å². The number of aromatic nitrogens is 1. The summed E-state index contributed by atoms with van der Waals surface area (Å²) >= 11 is 0. The van der Waals surface area contributed by atoms with Gasteiger partial charge >= 0.3 is 0 Å². The maximum Gasteiger partial charge on any atom is 0.269 e. The third-order valence-corrected chi connectivity index (χ3v) is 4.36. The Bertz CT molecular complexity index is 737. The van der Waals surface area contributed by atoms with Crippen LogP contribution in [0.25, 0.3) is 0 Å². The number of nitrogens with zero attached hydrogens (tertiary/aromatic N) is 1. The van der Waals surface area contributed by atoms with E-state index in [1.807, 2.05) is 36.4 Å². The van der Waals surface area contributed by atoms with Crippen LogP contribution in [0.1, 0.15) is 57.8 Å². The van der Waals surface area contributed by atoms with E-state index >= 15 is 0 Å². The van der Waals surface area contributed by atoms with Crippen LogP contribution in [0, 0.1) is 5.92 Å². The molecule has 24 heavy (non-hydrogen) atoms. The molecule has 0 aliphatic heterocycles. The Balaban J connectivity index is 1.84. The zero-order valence-corrected chi connectivity index (χ0v) is 13.9. The number of carbonyl (C=O) groups is 2. The van der Waals surface area contributed by atoms with Gasteiger partial charge in [0.25, 0.3) is 5.91 Å². The summed E-state index contributed by atoms with van der Waals surface area (Å²) < 4.78 is 0. The summed E-state index contributed by atoms with van der Waals surface area (Å²) in [6.07, 6.45) is 4.59. The lowest BCUT2D eigenvalue weighted by Crippen LogP contribution is -2.20. The van der Waals surface area contributed by atoms with Crippen LogP contribution in [0.4, 0.5) is 0 Å². The highest BCUT2D eigenvalue weighted by atomic mass is 16.1. The molecule has 3 rings (SSSR count). The van der Waals surface area contributed by atoms with Gasteiger partial charge in [-0.05, 0) is 30.0 Å². The molecule has 4 heteroatoms. The third-order valence-electron chi connectivity index (χ3n) is 4.36. The molecule has 1 aromatic heterocycles. The fraction of sp³-hybridized carbons (Fsp3) is 0.350. The fourth-order valence-corrected chi connectivity index (χ4v) is 2.77. The molecule has 0 spiro atoms. The van der Waals surface area contributed by atoms with Crippen molar-refractivity contribution in [3.63, 3.8) is 0 Å². The average molecular weight is 322 g/mol. The van der Waals surface area contributed by atoms with Crippen molar-refractivity contribution in [2.45, 2.75) is 32.1 Å². The van der Waals surface area contributed by atoms with Crippen LogP contribution >= 0.6 is 0 Å². The molecule has 0 saturated heterocycles. The highest BCUT2D eigenvalue weighted by molar-refractivity contribution is 5.99. The summed E-state index contributed by atoms with van der Waals surface area (Å²) in [5.74, 6) is 0.558. The zero-order chi connectivity index (χ0) is 16.9. The summed E-state index contributed by atoms with van der Waals surface area (Å²) in [4.78, 5) is 28.9. The minimum absolute atomic E-state index is 0.101. The number of Topliss-reactive ketones (excluding diaryl/α,β-unsaturated/α-hetero) is 1. The van der Waals surface area contributed by atoms with E-state index in [4.69, 9.17) is 0 Å². The van der Waals surface area contributed by atoms with Crippen LogP contribution < -0.4 is 5.32 Å². The van der Waals surface area contributed by atoms with Gasteiger partial charge in [0, 0.05) is 31.1 Å². The van der Waals surface area contributed by atoms with Crippen LogP contribution in [0.5, 0.6) is 0 Å². The molecule has 4 nitrogen and oxygen atoms in total. The van der Waals surface area contributed by atoms with Gasteiger partial charge in [-0.3, -0.25) is 9.59 Å². The first-order valence-corrected chi connectivity index (χ1v) is 8.46. The van der Waals surface area contributed by atoms with E-state index in [9.17, 15) is 9.59 Å². The first-order valence-electron chi connectivity index (χ1n) is 8.46. The van der Waals surface area contributed by atoms with Gasteiger partial charge in [-0.2, -0.15) is 0 Å². The first kappa shape index (κ1) is 16.4. The maximum atomic E-state index is 12.5. The lowest BCUT2D eigenvalue weighted by Gasteiger charge is -2.08. The molecule has 1 aliphatic rings. The number of rotatable bonds is 7. The number of hydrogen-bond acceptors (Lipinski definition) is 3. The summed E-state index contributed by atoms with van der Waals surface area (Å²) in [5, 5.41) is 2.59. The van der Waals surface area contributed by atoms with E-state index in [0.29, 0.717) is 24.1 Å². The van der Waals surface area contributed by atoms with Crippen molar-refractivity contribution >= 4 is 11.7 Å². The molecule has 1 aliphatic carbocycles. The second-order valence-corrected chi connectivity index (χ2v) is 6.38. The van der Waals surface area contributed by atoms with Crippen LogP contribution in [-0.4, -0.2) is 23.7 Å². The lowest BCUT2D eigenvalue weighted by molar-refractivity contribution is 0.0958. The second kappa shape index (κ2) is 7.39. The Morgan fingerprint density at radius 2 is 1.92 bits per heavy atom. The minimum atomic E-state index is -0.263. The molecule has 0 bridgehead atoms. The molecule has 1 saturated carbocycles. The molecule has 0 radical (unpaired) electrons. The predicted octanol–water partition coefficient (Wildman–Crippen LogP) is 3.40. The van der Waals surface area contributed by atoms with Gasteiger partial charge in [-0.1, -0.05) is 43.2 Å². The van der Waals surface area contributed by atoms with Crippen LogP contribution in [0.3, 0.4) is 0 Å². The van der Waals surface area contributed by atoms with Gasteiger partial charge in [-0.15, -0.1) is 0 Å². The molecule has 2 aromatic rings. The quantitative estimate of drug-likeness (QED) is 0.795. The lowest BCUT2D eigenvalue weighted by atomic mass is 10.0.